The summed E-state index contributed by atoms with van der Waals surface area (Å²) in [7, 11) is 1.63. The van der Waals surface area contributed by atoms with Gasteiger partial charge in [0, 0.05) is 11.6 Å². The Hall–Kier alpha value is -4.15. The second-order valence-corrected chi connectivity index (χ2v) is 7.73. The zero-order valence-electron chi connectivity index (χ0n) is 17.5. The fourth-order valence-corrected chi connectivity index (χ4v) is 3.39. The van der Waals surface area contributed by atoms with Crippen molar-refractivity contribution in [1.82, 2.24) is 30.2 Å². The Bertz CT molecular complexity index is 1250. The standard InChI is InChI=1S/C21H22N8O3/c1-11(12-4-3-5-15(8-12)32-2)23-19-26-17-13(9-16-18(30)27-21(31)25-16)10-22-29(17)20(28-19)24-14-6-7-14/h3-5,8-11,14H,6-7H2,1-2H3,(H2,23,24,26,28)(H2,25,27,30,31)/b16-9-/t11-/m0/s1. The Morgan fingerprint density at radius 2 is 2.09 bits per heavy atom. The van der Waals surface area contributed by atoms with E-state index in [4.69, 9.17) is 4.74 Å². The third kappa shape index (κ3) is 3.92. The first-order valence-electron chi connectivity index (χ1n) is 10.3. The van der Waals surface area contributed by atoms with Crippen molar-refractivity contribution in [1.29, 1.82) is 0 Å². The first-order valence-corrected chi connectivity index (χ1v) is 10.3. The van der Waals surface area contributed by atoms with Gasteiger partial charge in [0.25, 0.3) is 5.91 Å². The maximum Gasteiger partial charge on any atom is 0.326 e. The van der Waals surface area contributed by atoms with E-state index in [9.17, 15) is 9.59 Å². The topological polar surface area (TPSA) is 135 Å². The molecule has 11 nitrogen and oxygen atoms in total. The molecule has 3 aromatic rings. The Kier molecular flexibility index (Phi) is 4.85. The van der Waals surface area contributed by atoms with Gasteiger partial charge in [-0.1, -0.05) is 12.1 Å². The van der Waals surface area contributed by atoms with E-state index in [1.54, 1.807) is 23.9 Å². The molecule has 0 bridgehead atoms. The monoisotopic (exact) mass is 434 g/mol. The van der Waals surface area contributed by atoms with E-state index in [2.05, 4.69) is 36.3 Å². The van der Waals surface area contributed by atoms with Crippen LogP contribution in [-0.2, 0) is 4.79 Å². The molecule has 0 spiro atoms. The second-order valence-electron chi connectivity index (χ2n) is 7.73. The van der Waals surface area contributed by atoms with E-state index < -0.39 is 11.9 Å². The van der Waals surface area contributed by atoms with Gasteiger partial charge in [0.15, 0.2) is 5.65 Å². The molecular formula is C21H22N8O3. The van der Waals surface area contributed by atoms with Gasteiger partial charge in [-0.05, 0) is 43.5 Å². The highest BCUT2D eigenvalue weighted by atomic mass is 16.5. The number of nitrogens with one attached hydrogen (secondary N) is 4. The lowest BCUT2D eigenvalue weighted by atomic mass is 10.1. The SMILES string of the molecule is COc1cccc([C@H](C)Nc2nc(NC3CC3)n3ncc(/C=C4\NC(=O)NC4=O)c3n2)c1. The van der Waals surface area contributed by atoms with Gasteiger partial charge in [0.1, 0.15) is 11.4 Å². The van der Waals surface area contributed by atoms with Gasteiger partial charge in [0.05, 0.1) is 19.3 Å². The van der Waals surface area contributed by atoms with Gasteiger partial charge >= 0.3 is 6.03 Å². The molecule has 2 fully saturated rings. The Morgan fingerprint density at radius 3 is 2.81 bits per heavy atom. The van der Waals surface area contributed by atoms with Crippen LogP contribution < -0.4 is 26.0 Å². The van der Waals surface area contributed by atoms with Crippen LogP contribution in [0.25, 0.3) is 11.7 Å². The number of urea groups is 1. The molecule has 0 unspecified atom stereocenters. The lowest BCUT2D eigenvalue weighted by Gasteiger charge is -2.16. The molecule has 32 heavy (non-hydrogen) atoms. The molecule has 11 heteroatoms. The first-order chi connectivity index (χ1) is 15.5. The number of aromatic nitrogens is 4. The molecule has 1 aromatic carbocycles. The summed E-state index contributed by atoms with van der Waals surface area (Å²) in [5, 5.41) is 15.8. The first kappa shape index (κ1) is 19.8. The van der Waals surface area contributed by atoms with Gasteiger partial charge in [-0.15, -0.1) is 0 Å². The summed E-state index contributed by atoms with van der Waals surface area (Å²) >= 11 is 0. The van der Waals surface area contributed by atoms with Crippen molar-refractivity contribution in [2.45, 2.75) is 31.8 Å². The molecule has 2 aliphatic rings. The summed E-state index contributed by atoms with van der Waals surface area (Å²) in [5.74, 6) is 1.24. The minimum Gasteiger partial charge on any atom is -0.497 e. The minimum atomic E-state index is -0.557. The third-order valence-electron chi connectivity index (χ3n) is 5.27. The lowest BCUT2D eigenvalue weighted by molar-refractivity contribution is -0.115. The normalized spacial score (nSPS) is 17.9. The number of fused-ring (bicyclic) bond motifs is 1. The molecule has 1 aliphatic carbocycles. The average molecular weight is 434 g/mol. The quantitative estimate of drug-likeness (QED) is 0.328. The van der Waals surface area contributed by atoms with Crippen molar-refractivity contribution in [3.8, 4) is 5.75 Å². The second kappa shape index (κ2) is 7.84. The fraction of sp³-hybridized carbons (Fsp3) is 0.286. The minimum absolute atomic E-state index is 0.0917. The molecule has 1 saturated heterocycles. The van der Waals surface area contributed by atoms with Gasteiger partial charge in [-0.2, -0.15) is 19.6 Å². The van der Waals surface area contributed by atoms with E-state index in [1.165, 1.54) is 0 Å². The van der Waals surface area contributed by atoms with Crippen LogP contribution in [0.3, 0.4) is 0 Å². The zero-order valence-corrected chi connectivity index (χ0v) is 17.5. The van der Waals surface area contributed by atoms with Crippen molar-refractivity contribution in [3.63, 3.8) is 0 Å². The largest absolute Gasteiger partial charge is 0.497 e. The maximum absolute atomic E-state index is 11.9. The van der Waals surface area contributed by atoms with Crippen molar-refractivity contribution in [2.75, 3.05) is 17.7 Å². The van der Waals surface area contributed by atoms with Crippen LogP contribution in [0.15, 0.2) is 36.2 Å². The van der Waals surface area contributed by atoms with Gasteiger partial charge in [-0.25, -0.2) is 4.79 Å². The Morgan fingerprint density at radius 1 is 1.25 bits per heavy atom. The highest BCUT2D eigenvalue weighted by Crippen LogP contribution is 2.27. The van der Waals surface area contributed by atoms with Crippen molar-refractivity contribution >= 4 is 35.6 Å². The number of hydrogen-bond acceptors (Lipinski definition) is 8. The molecule has 3 amide bonds. The molecule has 5 rings (SSSR count). The van der Waals surface area contributed by atoms with E-state index in [0.29, 0.717) is 29.1 Å². The number of benzene rings is 1. The maximum atomic E-state index is 11.9. The number of ether oxygens (including phenoxy) is 1. The Labute approximate surface area is 183 Å². The number of nitrogens with zero attached hydrogens (tertiary/aromatic N) is 4. The lowest BCUT2D eigenvalue weighted by Crippen LogP contribution is -2.22. The fourth-order valence-electron chi connectivity index (χ4n) is 3.39. The number of carbonyl (C=O) groups excluding carboxylic acids is 2. The summed E-state index contributed by atoms with van der Waals surface area (Å²) in [6.45, 7) is 2.01. The van der Waals surface area contributed by atoms with Gasteiger partial charge in [-0.3, -0.25) is 10.1 Å². The summed E-state index contributed by atoms with van der Waals surface area (Å²) in [4.78, 5) is 32.6. The predicted molar refractivity (Wildman–Crippen MR) is 117 cm³/mol. The van der Waals surface area contributed by atoms with Crippen LogP contribution in [-0.4, -0.2) is 44.7 Å². The van der Waals surface area contributed by atoms with Crippen LogP contribution >= 0.6 is 0 Å². The molecule has 2 aromatic heterocycles. The molecule has 1 saturated carbocycles. The number of rotatable bonds is 7. The van der Waals surface area contributed by atoms with E-state index in [1.807, 2.05) is 31.2 Å². The summed E-state index contributed by atoms with van der Waals surface area (Å²) < 4.78 is 6.92. The highest BCUT2D eigenvalue weighted by molar-refractivity contribution is 6.14. The Balaban J connectivity index is 1.51. The number of anilines is 2. The molecule has 4 N–H and O–H groups in total. The molecule has 164 valence electrons. The average Bonchev–Trinajstić information content (AvgIpc) is 3.42. The summed E-state index contributed by atoms with van der Waals surface area (Å²) in [5.41, 5.74) is 2.24. The number of amides is 3. The van der Waals surface area contributed by atoms with Gasteiger partial charge < -0.3 is 20.7 Å². The molecule has 1 aliphatic heterocycles. The number of imide groups is 1. The molecular weight excluding hydrogens is 412 g/mol. The summed E-state index contributed by atoms with van der Waals surface area (Å²) in [6, 6.07) is 7.47. The van der Waals surface area contributed by atoms with Crippen LogP contribution in [0.5, 0.6) is 5.75 Å². The van der Waals surface area contributed by atoms with Crippen LogP contribution in [0, 0.1) is 0 Å². The third-order valence-corrected chi connectivity index (χ3v) is 5.27. The predicted octanol–water partition coefficient (Wildman–Crippen LogP) is 2.06. The van der Waals surface area contributed by atoms with E-state index in [-0.39, 0.29) is 11.7 Å². The number of carbonyl (C=O) groups is 2. The van der Waals surface area contributed by atoms with E-state index in [0.717, 1.165) is 24.2 Å². The van der Waals surface area contributed by atoms with Crippen molar-refractivity contribution in [3.05, 3.63) is 47.3 Å². The molecule has 1 atom stereocenters. The highest BCUT2D eigenvalue weighted by Gasteiger charge is 2.26. The molecule has 0 radical (unpaired) electrons. The smallest absolute Gasteiger partial charge is 0.326 e. The van der Waals surface area contributed by atoms with Crippen LogP contribution in [0.2, 0.25) is 0 Å². The summed E-state index contributed by atoms with van der Waals surface area (Å²) in [6.07, 6.45) is 5.27. The van der Waals surface area contributed by atoms with Crippen LogP contribution in [0.1, 0.15) is 36.9 Å². The number of hydrogen-bond donors (Lipinski definition) is 4. The van der Waals surface area contributed by atoms with Crippen LogP contribution in [0.4, 0.5) is 16.7 Å². The van der Waals surface area contributed by atoms with E-state index >= 15 is 0 Å². The van der Waals surface area contributed by atoms with Crippen molar-refractivity contribution in [2.24, 2.45) is 0 Å². The number of methoxy groups -OCH3 is 1. The molecule has 3 heterocycles. The van der Waals surface area contributed by atoms with Gasteiger partial charge in [0.2, 0.25) is 11.9 Å². The zero-order chi connectivity index (χ0) is 22.2. The van der Waals surface area contributed by atoms with Crippen molar-refractivity contribution < 1.29 is 14.3 Å².